The van der Waals surface area contributed by atoms with Gasteiger partial charge in [-0.1, -0.05) is 33.6 Å². The summed E-state index contributed by atoms with van der Waals surface area (Å²) in [4.78, 5) is 34.9. The summed E-state index contributed by atoms with van der Waals surface area (Å²) in [5, 5.41) is 13.4. The molecule has 0 spiro atoms. The fraction of sp³-hybridized carbons (Fsp3) is 0.600. The van der Waals surface area contributed by atoms with Crippen LogP contribution in [0.5, 0.6) is 0 Å². The quantitative estimate of drug-likeness (QED) is 0.321. The van der Waals surface area contributed by atoms with Gasteiger partial charge >= 0.3 is 12.1 Å². The Balaban J connectivity index is 1.95. The molecule has 1 aromatic carbocycles. The number of rotatable bonds is 7. The molecule has 2 rings (SSSR count). The third-order valence-electron chi connectivity index (χ3n) is 4.51. The van der Waals surface area contributed by atoms with E-state index in [9.17, 15) is 19.7 Å². The van der Waals surface area contributed by atoms with Crippen molar-refractivity contribution in [3.63, 3.8) is 0 Å². The second-order valence-electron chi connectivity index (χ2n) is 8.79. The number of nitrogens with one attached hydrogen (secondary N) is 1. The fourth-order valence-electron chi connectivity index (χ4n) is 3.03. The van der Waals surface area contributed by atoms with Gasteiger partial charge in [-0.15, -0.1) is 0 Å². The first kappa shape index (κ1) is 21.7. The van der Waals surface area contributed by atoms with Crippen molar-refractivity contribution in [2.45, 2.75) is 64.9 Å². The van der Waals surface area contributed by atoms with Crippen LogP contribution >= 0.6 is 0 Å². The zero-order valence-electron chi connectivity index (χ0n) is 17.0. The van der Waals surface area contributed by atoms with Crippen LogP contribution in [-0.4, -0.2) is 29.3 Å². The van der Waals surface area contributed by atoms with Gasteiger partial charge in [0.2, 0.25) is 0 Å². The molecule has 0 unspecified atom stereocenters. The van der Waals surface area contributed by atoms with Gasteiger partial charge in [-0.3, -0.25) is 15.4 Å². The number of carbonyl (C=O) groups is 2. The van der Waals surface area contributed by atoms with Crippen molar-refractivity contribution in [3.05, 3.63) is 39.4 Å². The minimum atomic E-state index is -0.669. The Bertz CT molecular complexity index is 762. The summed E-state index contributed by atoms with van der Waals surface area (Å²) < 4.78 is 10.5. The van der Waals surface area contributed by atoms with Crippen molar-refractivity contribution in [3.8, 4) is 0 Å². The van der Waals surface area contributed by atoms with E-state index in [-0.39, 0.29) is 18.0 Å². The lowest BCUT2D eigenvalue weighted by molar-refractivity contribution is -0.385. The Hall–Kier alpha value is -2.64. The first-order chi connectivity index (χ1) is 12.9. The average Bonchev–Trinajstić information content (AvgIpc) is 3.35. The minimum absolute atomic E-state index is 0.0962. The van der Waals surface area contributed by atoms with Crippen LogP contribution in [0.2, 0.25) is 0 Å². The average molecular weight is 392 g/mol. The van der Waals surface area contributed by atoms with Crippen molar-refractivity contribution in [1.29, 1.82) is 0 Å². The molecule has 0 heterocycles. The third-order valence-corrected chi connectivity index (χ3v) is 4.51. The number of alkyl carbamates (subject to hydrolysis) is 1. The van der Waals surface area contributed by atoms with Gasteiger partial charge in [-0.05, 0) is 43.2 Å². The predicted octanol–water partition coefficient (Wildman–Crippen LogP) is 4.31. The largest absolute Gasteiger partial charge is 0.443 e. The van der Waals surface area contributed by atoms with Crippen LogP contribution in [0.3, 0.4) is 0 Å². The number of amides is 1. The molecule has 1 fully saturated rings. The zero-order chi connectivity index (χ0) is 21.1. The summed E-state index contributed by atoms with van der Waals surface area (Å²) in [6, 6.07) is 4.00. The minimum Gasteiger partial charge on any atom is -0.443 e. The number of nitro groups is 1. The van der Waals surface area contributed by atoms with Crippen molar-refractivity contribution in [2.24, 2.45) is 5.92 Å². The summed E-state index contributed by atoms with van der Waals surface area (Å²) in [6.45, 7) is 8.89. The lowest BCUT2D eigenvalue weighted by atomic mass is 9.83. The summed E-state index contributed by atoms with van der Waals surface area (Å²) in [7, 11) is 0. The summed E-state index contributed by atoms with van der Waals surface area (Å²) in [5.41, 5.74) is -0.449. The number of nitrogens with zero attached hydrogens (tertiary/aromatic N) is 1. The van der Waals surface area contributed by atoms with Crippen molar-refractivity contribution >= 4 is 17.7 Å². The summed E-state index contributed by atoms with van der Waals surface area (Å²) in [5.74, 6) is -0.0593. The Morgan fingerprint density at radius 1 is 1.21 bits per heavy atom. The molecule has 0 atom stereocenters. The molecule has 8 nitrogen and oxygen atoms in total. The number of benzene rings is 1. The molecule has 1 aliphatic carbocycles. The molecule has 1 aromatic rings. The SMILES string of the molecule is CC(C)(CC1CC1)OC(=O)NCOC(=O)c1ccc([N+](=O)[O-])cc1C(C)(C)C. The van der Waals surface area contributed by atoms with Crippen LogP contribution in [0.25, 0.3) is 0 Å². The monoisotopic (exact) mass is 392 g/mol. The topological polar surface area (TPSA) is 108 Å². The highest BCUT2D eigenvalue weighted by Crippen LogP contribution is 2.37. The maximum Gasteiger partial charge on any atom is 0.410 e. The van der Waals surface area contributed by atoms with E-state index < -0.39 is 28.0 Å². The highest BCUT2D eigenvalue weighted by Gasteiger charge is 2.33. The molecule has 154 valence electrons. The lowest BCUT2D eigenvalue weighted by Crippen LogP contribution is -2.36. The maximum atomic E-state index is 12.4. The van der Waals surface area contributed by atoms with E-state index in [1.807, 2.05) is 34.6 Å². The molecular weight excluding hydrogens is 364 g/mol. The zero-order valence-corrected chi connectivity index (χ0v) is 17.0. The van der Waals surface area contributed by atoms with Gasteiger partial charge in [0.15, 0.2) is 6.73 Å². The van der Waals surface area contributed by atoms with Crippen LogP contribution in [0.4, 0.5) is 10.5 Å². The summed E-state index contributed by atoms with van der Waals surface area (Å²) >= 11 is 0. The molecular formula is C20H28N2O6. The van der Waals surface area contributed by atoms with E-state index in [1.165, 1.54) is 18.2 Å². The van der Waals surface area contributed by atoms with Crippen LogP contribution in [0.1, 0.15) is 69.8 Å². The van der Waals surface area contributed by atoms with E-state index in [0.29, 0.717) is 11.5 Å². The normalized spacial score (nSPS) is 14.3. The van der Waals surface area contributed by atoms with Crippen LogP contribution in [0, 0.1) is 16.0 Å². The van der Waals surface area contributed by atoms with Crippen molar-refractivity contribution in [2.75, 3.05) is 6.73 Å². The number of nitro benzene ring substituents is 1. The van der Waals surface area contributed by atoms with Gasteiger partial charge in [0.25, 0.3) is 5.69 Å². The van der Waals surface area contributed by atoms with Crippen LogP contribution < -0.4 is 5.32 Å². The molecule has 0 bridgehead atoms. The number of ether oxygens (including phenoxy) is 2. The fourth-order valence-corrected chi connectivity index (χ4v) is 3.03. The van der Waals surface area contributed by atoms with Crippen LogP contribution in [0.15, 0.2) is 18.2 Å². The van der Waals surface area contributed by atoms with Gasteiger partial charge in [0, 0.05) is 12.1 Å². The second kappa shape index (κ2) is 8.16. The number of esters is 1. The standard InChI is InChI=1S/C20H28N2O6/c1-19(2,3)16-10-14(22(25)26)8-9-15(16)17(23)27-12-21-18(24)28-20(4,5)11-13-6-7-13/h8-10,13H,6-7,11-12H2,1-5H3,(H,21,24). The number of hydrogen-bond acceptors (Lipinski definition) is 6. The van der Waals surface area contributed by atoms with Gasteiger partial charge < -0.3 is 9.47 Å². The second-order valence-corrected chi connectivity index (χ2v) is 8.79. The van der Waals surface area contributed by atoms with Crippen LogP contribution in [-0.2, 0) is 14.9 Å². The highest BCUT2D eigenvalue weighted by atomic mass is 16.6. The van der Waals surface area contributed by atoms with Gasteiger partial charge in [0.1, 0.15) is 5.60 Å². The molecule has 8 heteroatoms. The molecule has 0 aromatic heterocycles. The van der Waals surface area contributed by atoms with E-state index in [1.54, 1.807) is 0 Å². The number of hydrogen-bond donors (Lipinski definition) is 1. The lowest BCUT2D eigenvalue weighted by Gasteiger charge is -2.25. The molecule has 0 radical (unpaired) electrons. The van der Waals surface area contributed by atoms with Crippen molar-refractivity contribution in [1.82, 2.24) is 5.32 Å². The molecule has 1 aliphatic rings. The Labute approximate surface area is 164 Å². The molecule has 1 N–H and O–H groups in total. The van der Waals surface area contributed by atoms with Crippen molar-refractivity contribution < 1.29 is 24.0 Å². The first-order valence-corrected chi connectivity index (χ1v) is 9.32. The van der Waals surface area contributed by atoms with Gasteiger partial charge in [-0.25, -0.2) is 9.59 Å². The maximum absolute atomic E-state index is 12.4. The van der Waals surface area contributed by atoms with Gasteiger partial charge in [0.05, 0.1) is 10.5 Å². The van der Waals surface area contributed by atoms with E-state index in [2.05, 4.69) is 5.32 Å². The Morgan fingerprint density at radius 2 is 1.86 bits per heavy atom. The number of non-ortho nitro benzene ring substituents is 1. The molecule has 0 aliphatic heterocycles. The molecule has 1 saturated carbocycles. The van der Waals surface area contributed by atoms with E-state index in [0.717, 1.165) is 19.3 Å². The van der Waals surface area contributed by atoms with E-state index >= 15 is 0 Å². The van der Waals surface area contributed by atoms with E-state index in [4.69, 9.17) is 9.47 Å². The molecule has 0 saturated heterocycles. The third kappa shape index (κ3) is 6.21. The highest BCUT2D eigenvalue weighted by molar-refractivity contribution is 5.92. The molecule has 1 amide bonds. The predicted molar refractivity (Wildman–Crippen MR) is 103 cm³/mol. The smallest absolute Gasteiger partial charge is 0.410 e. The Morgan fingerprint density at radius 3 is 2.39 bits per heavy atom. The number of carbonyl (C=O) groups excluding carboxylic acids is 2. The Kier molecular flexibility index (Phi) is 6.31. The van der Waals surface area contributed by atoms with Gasteiger partial charge in [-0.2, -0.15) is 0 Å². The summed E-state index contributed by atoms with van der Waals surface area (Å²) in [6.07, 6.45) is 2.48. The molecule has 28 heavy (non-hydrogen) atoms. The first-order valence-electron chi connectivity index (χ1n) is 9.32.